The lowest BCUT2D eigenvalue weighted by molar-refractivity contribution is 0.660. The van der Waals surface area contributed by atoms with Gasteiger partial charge in [0, 0.05) is 44.4 Å². The Hall–Kier alpha value is -8.20. The van der Waals surface area contributed by atoms with Crippen molar-refractivity contribution in [3.05, 3.63) is 253 Å². The molecule has 0 spiro atoms. The summed E-state index contributed by atoms with van der Waals surface area (Å²) in [7, 11) is 0. The van der Waals surface area contributed by atoms with Gasteiger partial charge in [0.25, 0.3) is 0 Å². The van der Waals surface area contributed by atoms with Gasteiger partial charge in [-0.05, 0) is 145 Å². The third-order valence-corrected chi connectivity index (χ3v) is 15.2. The fraction of sp³-hybridized carbons (Fsp3) is 0.0909. The van der Waals surface area contributed by atoms with E-state index in [0.717, 1.165) is 22.7 Å². The molecule has 1 aromatic heterocycles. The van der Waals surface area contributed by atoms with Gasteiger partial charge in [0.05, 0.1) is 11.0 Å². The largest absolute Gasteiger partial charge is 0.310 e. The van der Waals surface area contributed by atoms with Crippen LogP contribution in [0.15, 0.2) is 231 Å². The minimum atomic E-state index is -0.133. The zero-order chi connectivity index (χ0) is 45.7. The molecule has 0 unspecified atom stereocenters. The smallest absolute Gasteiger partial charge is 0.0547 e. The van der Waals surface area contributed by atoms with Crippen LogP contribution in [-0.2, 0) is 10.8 Å². The van der Waals surface area contributed by atoms with Crippen molar-refractivity contribution in [1.82, 2.24) is 4.57 Å². The van der Waals surface area contributed by atoms with Crippen molar-refractivity contribution < 1.29 is 0 Å². The summed E-state index contributed by atoms with van der Waals surface area (Å²) in [6.07, 6.45) is 0. The van der Waals surface area contributed by atoms with Gasteiger partial charge in [-0.3, -0.25) is 0 Å². The Morgan fingerprint density at radius 2 is 0.794 bits per heavy atom. The van der Waals surface area contributed by atoms with Crippen LogP contribution in [0.5, 0.6) is 0 Å². The Balaban J connectivity index is 0.970. The molecule has 2 heteroatoms. The highest BCUT2D eigenvalue weighted by Gasteiger charge is 2.38. The number of fused-ring (bicyclic) bond motifs is 9. The molecule has 1 heterocycles. The first-order chi connectivity index (χ1) is 33.2. The third kappa shape index (κ3) is 6.10. The van der Waals surface area contributed by atoms with Gasteiger partial charge < -0.3 is 9.47 Å². The number of para-hydroxylation sites is 2. The van der Waals surface area contributed by atoms with Crippen LogP contribution in [0.3, 0.4) is 0 Å². The second-order valence-corrected chi connectivity index (χ2v) is 19.7. The average Bonchev–Trinajstić information content (AvgIpc) is 3.93. The van der Waals surface area contributed by atoms with E-state index in [4.69, 9.17) is 0 Å². The monoisotopic (exact) mass is 870 g/mol. The molecule has 0 atom stereocenters. The van der Waals surface area contributed by atoms with Crippen LogP contribution in [-0.4, -0.2) is 4.57 Å². The molecule has 2 nitrogen and oxygen atoms in total. The molecule has 0 aliphatic heterocycles. The number of benzene rings is 10. The van der Waals surface area contributed by atoms with E-state index in [-0.39, 0.29) is 10.8 Å². The second-order valence-electron chi connectivity index (χ2n) is 19.7. The highest BCUT2D eigenvalue weighted by Crippen LogP contribution is 2.53. The van der Waals surface area contributed by atoms with E-state index >= 15 is 0 Å². The quantitative estimate of drug-likeness (QED) is 0.155. The maximum absolute atomic E-state index is 2.49. The number of rotatable bonds is 7. The topological polar surface area (TPSA) is 8.17 Å². The lowest BCUT2D eigenvalue weighted by Crippen LogP contribution is -2.18. The minimum absolute atomic E-state index is 0.133. The predicted molar refractivity (Wildman–Crippen MR) is 287 cm³/mol. The van der Waals surface area contributed by atoms with Crippen molar-refractivity contribution in [3.8, 4) is 61.3 Å². The molecular weight excluding hydrogens is 821 g/mol. The van der Waals surface area contributed by atoms with E-state index < -0.39 is 0 Å². The Labute approximate surface area is 399 Å². The summed E-state index contributed by atoms with van der Waals surface area (Å²) in [5, 5.41) is 2.51. The van der Waals surface area contributed by atoms with Gasteiger partial charge in [0.15, 0.2) is 0 Å². The molecule has 0 N–H and O–H groups in total. The Kier molecular flexibility index (Phi) is 8.95. The van der Waals surface area contributed by atoms with Gasteiger partial charge in [-0.15, -0.1) is 0 Å². The fourth-order valence-electron chi connectivity index (χ4n) is 11.8. The standard InChI is InChI=1S/C66H50N2/c1-65(2)59-27-14-11-24-52(59)54-36-32-49(41-61(54)65)67(50-33-37-55-53-25-12-15-28-60(53)66(3,4)62(55)42-50)48-23-17-20-46(38-48)51-34-30-44(39-58(51)43-18-7-5-8-19-43)45-31-35-57-56-26-13-16-29-63(56)68(64(57)40-45)47-21-9-6-10-22-47/h5-42H,1-4H3. The van der Waals surface area contributed by atoms with Crippen molar-refractivity contribution in [2.24, 2.45) is 0 Å². The lowest BCUT2D eigenvalue weighted by atomic mass is 9.82. The molecule has 0 bridgehead atoms. The van der Waals surface area contributed by atoms with Crippen LogP contribution in [0.2, 0.25) is 0 Å². The van der Waals surface area contributed by atoms with E-state index in [9.17, 15) is 0 Å². The molecule has 0 saturated carbocycles. The second kappa shape index (κ2) is 15.2. The molecule has 0 radical (unpaired) electrons. The summed E-state index contributed by atoms with van der Waals surface area (Å²) in [5.74, 6) is 0. The zero-order valence-corrected chi connectivity index (χ0v) is 38.8. The zero-order valence-electron chi connectivity index (χ0n) is 38.8. The Morgan fingerprint density at radius 1 is 0.294 bits per heavy atom. The molecule has 2 aliphatic carbocycles. The Bertz CT molecular complexity index is 3690. The van der Waals surface area contributed by atoms with E-state index in [1.165, 1.54) is 99.7 Å². The van der Waals surface area contributed by atoms with E-state index in [1.54, 1.807) is 0 Å². The molecule has 13 rings (SSSR count). The van der Waals surface area contributed by atoms with E-state index in [2.05, 4.69) is 268 Å². The lowest BCUT2D eigenvalue weighted by Gasteiger charge is -2.30. The predicted octanol–water partition coefficient (Wildman–Crippen LogP) is 17.9. The molecule has 0 amide bonds. The molecule has 10 aromatic carbocycles. The van der Waals surface area contributed by atoms with Crippen LogP contribution in [0.1, 0.15) is 49.9 Å². The van der Waals surface area contributed by atoms with Crippen LogP contribution in [0, 0.1) is 0 Å². The summed E-state index contributed by atoms with van der Waals surface area (Å²) in [5.41, 5.74) is 24.6. The summed E-state index contributed by atoms with van der Waals surface area (Å²) in [6.45, 7) is 9.49. The highest BCUT2D eigenvalue weighted by atomic mass is 15.1. The summed E-state index contributed by atoms with van der Waals surface area (Å²) >= 11 is 0. The SMILES string of the molecule is CC1(C)c2ccccc2-c2ccc(N(c3cccc(-c4ccc(-c5ccc6c7ccccc7n(-c7ccccc7)c6c5)cc4-c4ccccc4)c3)c3ccc4c(c3)C(C)(C)c3ccccc3-4)cc21. The van der Waals surface area contributed by atoms with E-state index in [1.807, 2.05) is 0 Å². The van der Waals surface area contributed by atoms with Crippen LogP contribution >= 0.6 is 0 Å². The van der Waals surface area contributed by atoms with Gasteiger partial charge in [0.2, 0.25) is 0 Å². The molecule has 0 fully saturated rings. The van der Waals surface area contributed by atoms with E-state index in [0.29, 0.717) is 0 Å². The first kappa shape index (κ1) is 40.1. The van der Waals surface area contributed by atoms with Crippen LogP contribution < -0.4 is 4.90 Å². The van der Waals surface area contributed by atoms with Gasteiger partial charge in [-0.25, -0.2) is 0 Å². The Morgan fingerprint density at radius 3 is 1.47 bits per heavy atom. The molecular formula is C66H50N2. The van der Waals surface area contributed by atoms with Crippen molar-refractivity contribution in [3.63, 3.8) is 0 Å². The van der Waals surface area contributed by atoms with Crippen LogP contribution in [0.25, 0.3) is 83.1 Å². The van der Waals surface area contributed by atoms with Crippen LogP contribution in [0.4, 0.5) is 17.1 Å². The first-order valence-corrected chi connectivity index (χ1v) is 23.9. The van der Waals surface area contributed by atoms with Gasteiger partial charge in [-0.1, -0.05) is 191 Å². The highest BCUT2D eigenvalue weighted by molar-refractivity contribution is 6.10. The third-order valence-electron chi connectivity index (χ3n) is 15.2. The molecule has 68 heavy (non-hydrogen) atoms. The average molecular weight is 871 g/mol. The maximum Gasteiger partial charge on any atom is 0.0547 e. The van der Waals surface area contributed by atoms with Gasteiger partial charge in [0.1, 0.15) is 0 Å². The summed E-state index contributed by atoms with van der Waals surface area (Å²) < 4.78 is 2.40. The minimum Gasteiger partial charge on any atom is -0.310 e. The van der Waals surface area contributed by atoms with Crippen molar-refractivity contribution in [2.75, 3.05) is 4.90 Å². The fourth-order valence-corrected chi connectivity index (χ4v) is 11.8. The number of nitrogens with zero attached hydrogens (tertiary/aromatic N) is 2. The number of hydrogen-bond acceptors (Lipinski definition) is 1. The summed E-state index contributed by atoms with van der Waals surface area (Å²) in [6, 6.07) is 85.7. The summed E-state index contributed by atoms with van der Waals surface area (Å²) in [4.78, 5) is 2.49. The molecule has 11 aromatic rings. The van der Waals surface area contributed by atoms with Crippen molar-refractivity contribution in [2.45, 2.75) is 38.5 Å². The molecule has 0 saturated heterocycles. The normalized spacial score (nSPS) is 13.8. The molecule has 2 aliphatic rings. The van der Waals surface area contributed by atoms with Crippen molar-refractivity contribution >= 4 is 38.9 Å². The number of aromatic nitrogens is 1. The first-order valence-electron chi connectivity index (χ1n) is 23.9. The van der Waals surface area contributed by atoms with Gasteiger partial charge in [-0.2, -0.15) is 0 Å². The number of hydrogen-bond donors (Lipinski definition) is 0. The maximum atomic E-state index is 2.49. The number of anilines is 3. The van der Waals surface area contributed by atoms with Gasteiger partial charge >= 0.3 is 0 Å². The van der Waals surface area contributed by atoms with Crippen molar-refractivity contribution in [1.29, 1.82) is 0 Å². The molecule has 324 valence electrons.